The first-order chi connectivity index (χ1) is 13.9. The van der Waals surface area contributed by atoms with Crippen molar-refractivity contribution in [2.24, 2.45) is 0 Å². The number of sulfone groups is 1. The normalized spacial score (nSPS) is 11.5. The summed E-state index contributed by atoms with van der Waals surface area (Å²) in [5, 5.41) is 2.79. The predicted molar refractivity (Wildman–Crippen MR) is 108 cm³/mol. The van der Waals surface area contributed by atoms with Crippen LogP contribution in [0.5, 0.6) is 17.2 Å². The summed E-state index contributed by atoms with van der Waals surface area (Å²) < 4.78 is 46.2. The molecule has 0 amide bonds. The van der Waals surface area contributed by atoms with E-state index in [-0.39, 0.29) is 4.90 Å². The SMILES string of the molecule is CCOc1ccc(S(=O)(=O)/C(=C\Nc2ccc(OC)c(OC)c2)C(=O)OC)cc1. The van der Waals surface area contributed by atoms with Gasteiger partial charge in [-0.25, -0.2) is 13.2 Å². The van der Waals surface area contributed by atoms with Crippen LogP contribution in [-0.4, -0.2) is 42.3 Å². The fourth-order valence-corrected chi connectivity index (χ4v) is 3.70. The van der Waals surface area contributed by atoms with Crippen molar-refractivity contribution in [1.29, 1.82) is 0 Å². The van der Waals surface area contributed by atoms with Crippen LogP contribution in [0.1, 0.15) is 6.92 Å². The largest absolute Gasteiger partial charge is 0.494 e. The lowest BCUT2D eigenvalue weighted by Gasteiger charge is -2.11. The molecule has 2 aromatic carbocycles. The van der Waals surface area contributed by atoms with Gasteiger partial charge in [0.05, 0.1) is 32.8 Å². The summed E-state index contributed by atoms with van der Waals surface area (Å²) in [4.78, 5) is 11.6. The lowest BCUT2D eigenvalue weighted by atomic mass is 10.3. The van der Waals surface area contributed by atoms with E-state index in [0.717, 1.165) is 13.3 Å². The van der Waals surface area contributed by atoms with Crippen molar-refractivity contribution in [2.75, 3.05) is 33.3 Å². The standard InChI is InChI=1S/C20H23NO7S/c1-5-28-15-7-9-16(10-8-15)29(23,24)19(20(22)27-4)13-21-14-6-11-17(25-2)18(12-14)26-3/h6-13,21H,5H2,1-4H3/b19-13-. The van der Waals surface area contributed by atoms with Crippen LogP contribution >= 0.6 is 0 Å². The highest BCUT2D eigenvalue weighted by Gasteiger charge is 2.28. The maximum absolute atomic E-state index is 13.0. The molecule has 0 unspecified atom stereocenters. The number of hydrogen-bond acceptors (Lipinski definition) is 8. The molecule has 0 aliphatic rings. The van der Waals surface area contributed by atoms with Crippen LogP contribution in [0.4, 0.5) is 5.69 Å². The number of anilines is 1. The summed E-state index contributed by atoms with van der Waals surface area (Å²) in [6.07, 6.45) is 1.08. The zero-order valence-corrected chi connectivity index (χ0v) is 17.4. The molecule has 0 atom stereocenters. The number of carbonyl (C=O) groups excluding carboxylic acids is 1. The van der Waals surface area contributed by atoms with Gasteiger partial charge in [0.25, 0.3) is 0 Å². The second kappa shape index (κ2) is 9.83. The van der Waals surface area contributed by atoms with Gasteiger partial charge in [0.2, 0.25) is 9.84 Å². The Bertz CT molecular complexity index is 982. The third kappa shape index (κ3) is 5.20. The van der Waals surface area contributed by atoms with E-state index in [0.29, 0.717) is 29.5 Å². The van der Waals surface area contributed by atoms with Crippen molar-refractivity contribution in [3.63, 3.8) is 0 Å². The van der Waals surface area contributed by atoms with Crippen molar-refractivity contribution >= 4 is 21.5 Å². The number of ether oxygens (including phenoxy) is 4. The molecule has 0 aliphatic carbocycles. The summed E-state index contributed by atoms with van der Waals surface area (Å²) in [7, 11) is -0.0353. The minimum atomic E-state index is -4.13. The van der Waals surface area contributed by atoms with Gasteiger partial charge in [-0.05, 0) is 43.3 Å². The molecule has 2 rings (SSSR count). The van der Waals surface area contributed by atoms with E-state index in [2.05, 4.69) is 10.1 Å². The molecule has 0 saturated heterocycles. The number of rotatable bonds is 9. The maximum Gasteiger partial charge on any atom is 0.351 e. The van der Waals surface area contributed by atoms with Crippen molar-refractivity contribution in [3.05, 3.63) is 53.6 Å². The van der Waals surface area contributed by atoms with Crippen LogP contribution in [0, 0.1) is 0 Å². The van der Waals surface area contributed by atoms with Crippen LogP contribution in [0.15, 0.2) is 58.5 Å². The van der Waals surface area contributed by atoms with E-state index in [1.807, 2.05) is 6.92 Å². The summed E-state index contributed by atoms with van der Waals surface area (Å²) in [6, 6.07) is 10.7. The molecule has 0 bridgehead atoms. The van der Waals surface area contributed by atoms with Gasteiger partial charge in [0, 0.05) is 18.0 Å². The van der Waals surface area contributed by atoms with E-state index in [1.54, 1.807) is 18.2 Å². The Labute approximate surface area is 170 Å². The van der Waals surface area contributed by atoms with E-state index >= 15 is 0 Å². The maximum atomic E-state index is 13.0. The number of hydrogen-bond donors (Lipinski definition) is 1. The molecule has 0 fully saturated rings. The highest BCUT2D eigenvalue weighted by atomic mass is 32.2. The molecule has 29 heavy (non-hydrogen) atoms. The molecule has 8 nitrogen and oxygen atoms in total. The lowest BCUT2D eigenvalue weighted by Crippen LogP contribution is -2.17. The van der Waals surface area contributed by atoms with Crippen LogP contribution < -0.4 is 19.5 Å². The molecule has 0 radical (unpaired) electrons. The minimum Gasteiger partial charge on any atom is -0.494 e. The van der Waals surface area contributed by atoms with E-state index in [4.69, 9.17) is 14.2 Å². The fraction of sp³-hybridized carbons (Fsp3) is 0.250. The second-order valence-electron chi connectivity index (χ2n) is 5.62. The van der Waals surface area contributed by atoms with Gasteiger partial charge in [-0.15, -0.1) is 0 Å². The third-order valence-corrected chi connectivity index (χ3v) is 5.63. The average molecular weight is 421 g/mol. The Morgan fingerprint density at radius 1 is 1.00 bits per heavy atom. The topological polar surface area (TPSA) is 100 Å². The molecule has 9 heteroatoms. The quantitative estimate of drug-likeness (QED) is 0.487. The number of methoxy groups -OCH3 is 3. The van der Waals surface area contributed by atoms with Gasteiger partial charge in [0.1, 0.15) is 5.75 Å². The Hall–Kier alpha value is -3.20. The van der Waals surface area contributed by atoms with E-state index < -0.39 is 20.7 Å². The van der Waals surface area contributed by atoms with E-state index in [9.17, 15) is 13.2 Å². The summed E-state index contributed by atoms with van der Waals surface area (Å²) in [6.45, 7) is 2.28. The van der Waals surface area contributed by atoms with Crippen LogP contribution in [-0.2, 0) is 19.4 Å². The molecule has 2 aromatic rings. The second-order valence-corrected chi connectivity index (χ2v) is 7.54. The Balaban J connectivity index is 2.38. The first kappa shape index (κ1) is 22.1. The highest BCUT2D eigenvalue weighted by molar-refractivity contribution is 7.96. The molecule has 0 heterocycles. The monoisotopic (exact) mass is 421 g/mol. The van der Waals surface area contributed by atoms with Gasteiger partial charge in [-0.3, -0.25) is 0 Å². The molecule has 0 aliphatic heterocycles. The van der Waals surface area contributed by atoms with Crippen LogP contribution in [0.3, 0.4) is 0 Å². The van der Waals surface area contributed by atoms with Gasteiger partial charge >= 0.3 is 5.97 Å². The van der Waals surface area contributed by atoms with Crippen molar-refractivity contribution < 1.29 is 32.2 Å². The summed E-state index contributed by atoms with van der Waals surface area (Å²) >= 11 is 0. The molecular formula is C20H23NO7S. The molecule has 1 N–H and O–H groups in total. The Kier molecular flexibility index (Phi) is 7.49. The van der Waals surface area contributed by atoms with Crippen molar-refractivity contribution in [3.8, 4) is 17.2 Å². The lowest BCUT2D eigenvalue weighted by molar-refractivity contribution is -0.135. The Morgan fingerprint density at radius 3 is 2.21 bits per heavy atom. The number of esters is 1. The third-order valence-electron chi connectivity index (χ3n) is 3.87. The number of nitrogens with one attached hydrogen (secondary N) is 1. The van der Waals surface area contributed by atoms with Gasteiger partial charge in [-0.1, -0.05) is 0 Å². The Morgan fingerprint density at radius 2 is 1.66 bits per heavy atom. The van der Waals surface area contributed by atoms with Crippen LogP contribution in [0.25, 0.3) is 0 Å². The predicted octanol–water partition coefficient (Wildman–Crippen LogP) is 3.00. The van der Waals surface area contributed by atoms with Gasteiger partial charge in [-0.2, -0.15) is 0 Å². The number of carbonyl (C=O) groups is 1. The molecular weight excluding hydrogens is 398 g/mol. The molecule has 0 saturated carbocycles. The average Bonchev–Trinajstić information content (AvgIpc) is 2.73. The minimum absolute atomic E-state index is 0.0632. The zero-order valence-electron chi connectivity index (χ0n) is 16.6. The van der Waals surface area contributed by atoms with Gasteiger partial charge in [0.15, 0.2) is 16.4 Å². The van der Waals surface area contributed by atoms with E-state index in [1.165, 1.54) is 38.5 Å². The first-order valence-corrected chi connectivity index (χ1v) is 10.1. The zero-order chi connectivity index (χ0) is 21.4. The molecule has 0 aromatic heterocycles. The summed E-state index contributed by atoms with van der Waals surface area (Å²) in [5.41, 5.74) is 0.492. The van der Waals surface area contributed by atoms with Crippen molar-refractivity contribution in [1.82, 2.24) is 0 Å². The summed E-state index contributed by atoms with van der Waals surface area (Å²) in [5.74, 6) is 0.488. The fourth-order valence-electron chi connectivity index (χ4n) is 2.43. The molecule has 156 valence electrons. The first-order valence-electron chi connectivity index (χ1n) is 8.62. The van der Waals surface area contributed by atoms with Gasteiger partial charge < -0.3 is 24.3 Å². The number of benzene rings is 2. The van der Waals surface area contributed by atoms with Crippen molar-refractivity contribution in [2.45, 2.75) is 11.8 Å². The molecule has 0 spiro atoms. The smallest absolute Gasteiger partial charge is 0.351 e. The van der Waals surface area contributed by atoms with Crippen LogP contribution in [0.2, 0.25) is 0 Å². The highest BCUT2D eigenvalue weighted by Crippen LogP contribution is 2.30.